The summed E-state index contributed by atoms with van der Waals surface area (Å²) < 4.78 is 5.41. The van der Waals surface area contributed by atoms with Crippen molar-refractivity contribution in [3.05, 3.63) is 77.0 Å². The largest absolute Gasteiger partial charge is 0.494 e. The van der Waals surface area contributed by atoms with Gasteiger partial charge in [0.05, 0.1) is 25.3 Å². The molecule has 32 heavy (non-hydrogen) atoms. The Bertz CT molecular complexity index is 1080. The summed E-state index contributed by atoms with van der Waals surface area (Å²) >= 11 is 1.50. The quantitative estimate of drug-likeness (QED) is 0.513. The lowest BCUT2D eigenvalue weighted by Gasteiger charge is -2.21. The van der Waals surface area contributed by atoms with Crippen LogP contribution < -0.4 is 15.0 Å². The van der Waals surface area contributed by atoms with Gasteiger partial charge in [0.15, 0.2) is 0 Å². The fraction of sp³-hybridized carbons (Fsp3) is 0.208. The van der Waals surface area contributed by atoms with Gasteiger partial charge in [0.2, 0.25) is 5.91 Å². The normalized spacial score (nSPS) is 15.8. The first-order valence-electron chi connectivity index (χ1n) is 10.3. The summed E-state index contributed by atoms with van der Waals surface area (Å²) in [5.74, 6) is -0.0336. The van der Waals surface area contributed by atoms with Crippen LogP contribution in [0.4, 0.5) is 16.2 Å². The average Bonchev–Trinajstić information content (AvgIpc) is 3.38. The van der Waals surface area contributed by atoms with Gasteiger partial charge in [-0.05, 0) is 54.8 Å². The minimum atomic E-state index is -0.882. The Balaban J connectivity index is 1.52. The van der Waals surface area contributed by atoms with Gasteiger partial charge in [-0.3, -0.25) is 9.59 Å². The van der Waals surface area contributed by atoms with Gasteiger partial charge < -0.3 is 15.0 Å². The Labute approximate surface area is 190 Å². The van der Waals surface area contributed by atoms with Gasteiger partial charge in [0.25, 0.3) is 5.91 Å². The van der Waals surface area contributed by atoms with Gasteiger partial charge in [0, 0.05) is 10.6 Å². The van der Waals surface area contributed by atoms with Gasteiger partial charge in [-0.25, -0.2) is 9.69 Å². The van der Waals surface area contributed by atoms with Crippen molar-refractivity contribution in [1.82, 2.24) is 4.90 Å². The molecule has 4 rings (SSSR count). The number of hydrogen-bond acceptors (Lipinski definition) is 5. The smallest absolute Gasteiger partial charge is 0.332 e. The molecule has 1 unspecified atom stereocenters. The van der Waals surface area contributed by atoms with Crippen LogP contribution in [0.25, 0.3) is 0 Å². The standard InChI is InChI=1S/C24H23N3O4S/c1-2-31-19-12-10-17(11-13-19)25-22(28)15-21-23(29)27(18-7-4-3-5-8-18)24(30)26(21)16-20-9-6-14-32-20/h3-14,21H,2,15-16H2,1H3,(H,25,28). The van der Waals surface area contributed by atoms with Crippen LogP contribution in [0, 0.1) is 0 Å². The van der Waals surface area contributed by atoms with Crippen molar-refractivity contribution in [1.29, 1.82) is 0 Å². The molecule has 0 bridgehead atoms. The van der Waals surface area contributed by atoms with Crippen LogP contribution in [0.5, 0.6) is 5.75 Å². The molecular formula is C24H23N3O4S. The van der Waals surface area contributed by atoms with Crippen molar-refractivity contribution in [2.45, 2.75) is 25.9 Å². The number of urea groups is 1. The maximum Gasteiger partial charge on any atom is 0.332 e. The number of benzene rings is 2. The van der Waals surface area contributed by atoms with E-state index < -0.39 is 18.0 Å². The van der Waals surface area contributed by atoms with Crippen LogP contribution in [0.2, 0.25) is 0 Å². The van der Waals surface area contributed by atoms with Gasteiger partial charge in [-0.15, -0.1) is 11.3 Å². The van der Waals surface area contributed by atoms with Gasteiger partial charge in [-0.2, -0.15) is 0 Å². The molecule has 1 saturated heterocycles. The molecule has 0 spiro atoms. The molecule has 4 amide bonds. The lowest BCUT2D eigenvalue weighted by Crippen LogP contribution is -2.37. The molecule has 1 aliphatic rings. The predicted molar refractivity (Wildman–Crippen MR) is 124 cm³/mol. The number of thiophene rings is 1. The highest BCUT2D eigenvalue weighted by Gasteiger charge is 2.46. The topological polar surface area (TPSA) is 79.0 Å². The number of anilines is 2. The number of ether oxygens (including phenoxy) is 1. The fourth-order valence-corrected chi connectivity index (χ4v) is 4.29. The molecule has 1 aromatic heterocycles. The zero-order valence-corrected chi connectivity index (χ0v) is 18.4. The van der Waals surface area contributed by atoms with E-state index in [0.29, 0.717) is 23.7 Å². The molecule has 7 nitrogen and oxygen atoms in total. The van der Waals surface area contributed by atoms with Crippen molar-refractivity contribution in [2.75, 3.05) is 16.8 Å². The summed E-state index contributed by atoms with van der Waals surface area (Å²) in [6.45, 7) is 2.73. The van der Waals surface area contributed by atoms with E-state index in [0.717, 1.165) is 9.78 Å². The number of carbonyl (C=O) groups is 3. The van der Waals surface area contributed by atoms with E-state index in [9.17, 15) is 14.4 Å². The first kappa shape index (κ1) is 21.6. The Morgan fingerprint density at radius 2 is 1.78 bits per heavy atom. The first-order valence-corrected chi connectivity index (χ1v) is 11.2. The molecule has 2 aromatic carbocycles. The molecule has 2 heterocycles. The fourth-order valence-electron chi connectivity index (χ4n) is 3.59. The molecular weight excluding hydrogens is 426 g/mol. The molecule has 0 saturated carbocycles. The Morgan fingerprint density at radius 3 is 2.44 bits per heavy atom. The number of amides is 4. The van der Waals surface area contributed by atoms with Crippen molar-refractivity contribution in [2.24, 2.45) is 0 Å². The van der Waals surface area contributed by atoms with E-state index >= 15 is 0 Å². The molecule has 1 N–H and O–H groups in total. The second-order valence-electron chi connectivity index (χ2n) is 7.22. The maximum atomic E-state index is 13.2. The third kappa shape index (κ3) is 4.65. The Morgan fingerprint density at radius 1 is 1.03 bits per heavy atom. The lowest BCUT2D eigenvalue weighted by atomic mass is 10.1. The van der Waals surface area contributed by atoms with Crippen LogP contribution in [-0.4, -0.2) is 35.4 Å². The summed E-state index contributed by atoms with van der Waals surface area (Å²) in [4.78, 5) is 42.8. The highest BCUT2D eigenvalue weighted by Crippen LogP contribution is 2.29. The number of para-hydroxylation sites is 1. The second kappa shape index (κ2) is 9.65. The van der Waals surface area contributed by atoms with Crippen LogP contribution in [-0.2, 0) is 16.1 Å². The van der Waals surface area contributed by atoms with E-state index in [2.05, 4.69) is 5.32 Å². The number of hydrogen-bond donors (Lipinski definition) is 1. The van der Waals surface area contributed by atoms with Crippen molar-refractivity contribution in [3.63, 3.8) is 0 Å². The number of nitrogens with zero attached hydrogens (tertiary/aromatic N) is 2. The van der Waals surface area contributed by atoms with Crippen molar-refractivity contribution >= 4 is 40.6 Å². The summed E-state index contributed by atoms with van der Waals surface area (Å²) in [6.07, 6.45) is -0.132. The zero-order chi connectivity index (χ0) is 22.5. The summed E-state index contributed by atoms with van der Waals surface area (Å²) in [5.41, 5.74) is 1.09. The molecule has 1 aliphatic heterocycles. The van der Waals surface area contributed by atoms with Gasteiger partial charge in [-0.1, -0.05) is 24.3 Å². The Hall–Kier alpha value is -3.65. The summed E-state index contributed by atoms with van der Waals surface area (Å²) in [7, 11) is 0. The average molecular weight is 450 g/mol. The number of rotatable bonds is 8. The first-order chi connectivity index (χ1) is 15.6. The van der Waals surface area contributed by atoms with Gasteiger partial charge in [0.1, 0.15) is 11.8 Å². The molecule has 1 atom stereocenters. The van der Waals surface area contributed by atoms with E-state index in [-0.39, 0.29) is 18.9 Å². The van der Waals surface area contributed by atoms with Crippen LogP contribution in [0.15, 0.2) is 72.1 Å². The van der Waals surface area contributed by atoms with Crippen LogP contribution >= 0.6 is 11.3 Å². The number of nitrogens with one attached hydrogen (secondary N) is 1. The minimum Gasteiger partial charge on any atom is -0.494 e. The molecule has 0 radical (unpaired) electrons. The molecule has 8 heteroatoms. The predicted octanol–water partition coefficient (Wildman–Crippen LogP) is 4.51. The van der Waals surface area contributed by atoms with Crippen molar-refractivity contribution in [3.8, 4) is 5.75 Å². The highest BCUT2D eigenvalue weighted by atomic mass is 32.1. The summed E-state index contributed by atoms with van der Waals surface area (Å²) in [6, 6.07) is 18.3. The molecule has 1 fully saturated rings. The second-order valence-corrected chi connectivity index (χ2v) is 8.26. The van der Waals surface area contributed by atoms with Crippen molar-refractivity contribution < 1.29 is 19.1 Å². The van der Waals surface area contributed by atoms with Gasteiger partial charge >= 0.3 is 6.03 Å². The van der Waals surface area contributed by atoms with E-state index in [4.69, 9.17) is 4.74 Å². The van der Waals surface area contributed by atoms with Crippen LogP contribution in [0.1, 0.15) is 18.2 Å². The lowest BCUT2D eigenvalue weighted by molar-refractivity contribution is -0.124. The Kier molecular flexibility index (Phi) is 6.51. The molecule has 3 aromatic rings. The van der Waals surface area contributed by atoms with Crippen LogP contribution in [0.3, 0.4) is 0 Å². The molecule has 164 valence electrons. The third-order valence-corrected chi connectivity index (χ3v) is 5.93. The monoisotopic (exact) mass is 449 g/mol. The number of imide groups is 1. The molecule has 0 aliphatic carbocycles. The van der Waals surface area contributed by atoms with E-state index in [1.807, 2.05) is 30.5 Å². The zero-order valence-electron chi connectivity index (χ0n) is 17.6. The van der Waals surface area contributed by atoms with E-state index in [1.54, 1.807) is 48.5 Å². The minimum absolute atomic E-state index is 0.132. The summed E-state index contributed by atoms with van der Waals surface area (Å²) in [5, 5.41) is 4.72. The SMILES string of the molecule is CCOc1ccc(NC(=O)CC2C(=O)N(c3ccccc3)C(=O)N2Cc2cccs2)cc1. The maximum absolute atomic E-state index is 13.2. The number of carbonyl (C=O) groups excluding carboxylic acids is 3. The highest BCUT2D eigenvalue weighted by molar-refractivity contribution is 7.09. The van der Waals surface area contributed by atoms with E-state index in [1.165, 1.54) is 16.2 Å². The third-order valence-electron chi connectivity index (χ3n) is 5.07.